The number of esters is 1. The van der Waals surface area contributed by atoms with Gasteiger partial charge in [0.25, 0.3) is 5.82 Å². The quantitative estimate of drug-likeness (QED) is 0.538. The van der Waals surface area contributed by atoms with Gasteiger partial charge in [-0.3, -0.25) is 0 Å². The van der Waals surface area contributed by atoms with E-state index < -0.39 is 5.97 Å². The molecule has 0 saturated carbocycles. The van der Waals surface area contributed by atoms with Crippen LogP contribution in [0, 0.1) is 0 Å². The molecule has 0 radical (unpaired) electrons. The molecule has 1 atom stereocenters. The Bertz CT molecular complexity index is 351. The highest BCUT2D eigenvalue weighted by Gasteiger charge is 2.14. The van der Waals surface area contributed by atoms with Crippen molar-refractivity contribution in [3.8, 4) is 0 Å². The summed E-state index contributed by atoms with van der Waals surface area (Å²) in [6.45, 7) is 6.69. The van der Waals surface area contributed by atoms with E-state index in [0.29, 0.717) is 13.2 Å². The van der Waals surface area contributed by atoms with Gasteiger partial charge in [0.05, 0.1) is 6.61 Å². The van der Waals surface area contributed by atoms with Crippen molar-refractivity contribution in [1.29, 1.82) is 0 Å². The predicted octanol–water partition coefficient (Wildman–Crippen LogP) is 1.79. The fourth-order valence-electron chi connectivity index (χ4n) is 1.21. The number of nitrogens with zero attached hydrogens (tertiary/aromatic N) is 3. The topological polar surface area (TPSA) is 66.2 Å². The number of unbranched alkanes of at least 4 members (excludes halogenated alkanes) is 1. The third kappa shape index (κ3) is 4.14. The molecule has 0 aliphatic heterocycles. The molecule has 0 N–H and O–H groups in total. The Morgan fingerprint density at radius 2 is 2.29 bits per heavy atom. The van der Waals surface area contributed by atoms with Gasteiger partial charge < -0.3 is 9.47 Å². The normalized spacial score (nSPS) is 12.4. The molecule has 0 bridgehead atoms. The minimum absolute atomic E-state index is 0.0674. The van der Waals surface area contributed by atoms with E-state index in [-0.39, 0.29) is 12.1 Å². The average molecular weight is 241 g/mol. The summed E-state index contributed by atoms with van der Waals surface area (Å²) >= 11 is 0. The van der Waals surface area contributed by atoms with E-state index in [1.807, 2.05) is 6.92 Å². The molecule has 0 saturated heterocycles. The van der Waals surface area contributed by atoms with Gasteiger partial charge in [0.15, 0.2) is 0 Å². The number of carbonyl (C=O) groups is 1. The zero-order chi connectivity index (χ0) is 12.7. The van der Waals surface area contributed by atoms with Crippen molar-refractivity contribution in [3.05, 3.63) is 12.2 Å². The Kier molecular flexibility index (Phi) is 5.62. The standard InChI is InChI=1S/C11H19N3O3/c1-4-6-7-17-9(3)14-8-12-10(13-14)11(15)16-5-2/h8-9H,4-7H2,1-3H3. The molecule has 0 amide bonds. The van der Waals surface area contributed by atoms with Crippen LogP contribution in [-0.4, -0.2) is 33.9 Å². The van der Waals surface area contributed by atoms with Crippen molar-refractivity contribution in [2.45, 2.75) is 39.8 Å². The highest BCUT2D eigenvalue weighted by Crippen LogP contribution is 2.07. The number of aromatic nitrogens is 3. The van der Waals surface area contributed by atoms with Crippen LogP contribution in [-0.2, 0) is 9.47 Å². The molecule has 1 unspecified atom stereocenters. The third-order valence-electron chi connectivity index (χ3n) is 2.20. The number of hydrogen-bond donors (Lipinski definition) is 0. The number of carbonyl (C=O) groups excluding carboxylic acids is 1. The van der Waals surface area contributed by atoms with Crippen molar-refractivity contribution in [3.63, 3.8) is 0 Å². The van der Waals surface area contributed by atoms with Crippen molar-refractivity contribution < 1.29 is 14.3 Å². The van der Waals surface area contributed by atoms with Crippen LogP contribution in [0.1, 0.15) is 50.5 Å². The molecule has 1 aromatic rings. The minimum atomic E-state index is -0.507. The Morgan fingerprint density at radius 3 is 2.94 bits per heavy atom. The molecule has 0 spiro atoms. The monoisotopic (exact) mass is 241 g/mol. The second kappa shape index (κ2) is 7.01. The lowest BCUT2D eigenvalue weighted by molar-refractivity contribution is 0.00573. The summed E-state index contributed by atoms with van der Waals surface area (Å²) in [5.74, 6) is -0.440. The second-order valence-electron chi connectivity index (χ2n) is 3.59. The van der Waals surface area contributed by atoms with Gasteiger partial charge in [-0.25, -0.2) is 14.5 Å². The van der Waals surface area contributed by atoms with Gasteiger partial charge in [0, 0.05) is 6.61 Å². The van der Waals surface area contributed by atoms with Crippen molar-refractivity contribution in [1.82, 2.24) is 14.8 Å². The largest absolute Gasteiger partial charge is 0.460 e. The van der Waals surface area contributed by atoms with E-state index in [1.54, 1.807) is 6.92 Å². The van der Waals surface area contributed by atoms with Gasteiger partial charge in [-0.1, -0.05) is 13.3 Å². The summed E-state index contributed by atoms with van der Waals surface area (Å²) in [6, 6.07) is 0. The summed E-state index contributed by atoms with van der Waals surface area (Å²) in [5, 5.41) is 4.01. The van der Waals surface area contributed by atoms with E-state index in [4.69, 9.17) is 9.47 Å². The first-order chi connectivity index (χ1) is 8.19. The molecule has 6 heteroatoms. The first-order valence-electron chi connectivity index (χ1n) is 5.88. The Hall–Kier alpha value is -1.43. The Morgan fingerprint density at radius 1 is 1.53 bits per heavy atom. The maximum absolute atomic E-state index is 11.3. The van der Waals surface area contributed by atoms with Crippen LogP contribution in [0.5, 0.6) is 0 Å². The van der Waals surface area contributed by atoms with E-state index in [9.17, 15) is 4.79 Å². The van der Waals surface area contributed by atoms with Gasteiger partial charge in [-0.15, -0.1) is 5.10 Å². The lowest BCUT2D eigenvalue weighted by Gasteiger charge is -2.11. The molecule has 96 valence electrons. The SMILES string of the molecule is CCCCOC(C)n1cnc(C(=O)OCC)n1. The van der Waals surface area contributed by atoms with E-state index >= 15 is 0 Å². The van der Waals surface area contributed by atoms with E-state index in [1.165, 1.54) is 11.0 Å². The predicted molar refractivity (Wildman–Crippen MR) is 61.5 cm³/mol. The Labute approximate surface area is 101 Å². The Balaban J connectivity index is 2.51. The van der Waals surface area contributed by atoms with Gasteiger partial charge >= 0.3 is 5.97 Å². The number of ether oxygens (including phenoxy) is 2. The van der Waals surface area contributed by atoms with Crippen LogP contribution >= 0.6 is 0 Å². The first-order valence-corrected chi connectivity index (χ1v) is 5.88. The van der Waals surface area contributed by atoms with Crippen molar-refractivity contribution in [2.24, 2.45) is 0 Å². The summed E-state index contributed by atoms with van der Waals surface area (Å²) < 4.78 is 11.8. The van der Waals surface area contributed by atoms with Crippen LogP contribution in [0.3, 0.4) is 0 Å². The molecule has 6 nitrogen and oxygen atoms in total. The summed E-state index contributed by atoms with van der Waals surface area (Å²) in [4.78, 5) is 15.2. The van der Waals surface area contributed by atoms with Gasteiger partial charge in [-0.05, 0) is 20.3 Å². The lowest BCUT2D eigenvalue weighted by Crippen LogP contribution is -2.13. The van der Waals surface area contributed by atoms with Crippen LogP contribution in [0.2, 0.25) is 0 Å². The van der Waals surface area contributed by atoms with Crippen molar-refractivity contribution >= 4 is 5.97 Å². The van der Waals surface area contributed by atoms with Crippen LogP contribution < -0.4 is 0 Å². The number of rotatable bonds is 7. The van der Waals surface area contributed by atoms with Crippen LogP contribution in [0.4, 0.5) is 0 Å². The van der Waals surface area contributed by atoms with Crippen LogP contribution in [0.15, 0.2) is 6.33 Å². The highest BCUT2D eigenvalue weighted by atomic mass is 16.5. The first kappa shape index (κ1) is 13.6. The fourth-order valence-corrected chi connectivity index (χ4v) is 1.21. The zero-order valence-electron chi connectivity index (χ0n) is 10.5. The van der Waals surface area contributed by atoms with E-state index in [2.05, 4.69) is 17.0 Å². The molecule has 17 heavy (non-hydrogen) atoms. The molecule has 1 aromatic heterocycles. The molecule has 1 rings (SSSR count). The van der Waals surface area contributed by atoms with Gasteiger partial charge in [0.2, 0.25) is 0 Å². The van der Waals surface area contributed by atoms with Gasteiger partial charge in [0.1, 0.15) is 12.6 Å². The average Bonchev–Trinajstić information content (AvgIpc) is 2.79. The maximum atomic E-state index is 11.3. The second-order valence-corrected chi connectivity index (χ2v) is 3.59. The summed E-state index contributed by atoms with van der Waals surface area (Å²) in [5.41, 5.74) is 0. The smallest absolute Gasteiger partial charge is 0.378 e. The molecule has 0 fully saturated rings. The minimum Gasteiger partial charge on any atom is -0.460 e. The number of hydrogen-bond acceptors (Lipinski definition) is 5. The molecule has 0 aromatic carbocycles. The van der Waals surface area contributed by atoms with Crippen molar-refractivity contribution in [2.75, 3.05) is 13.2 Å². The molecule has 1 heterocycles. The molecule has 0 aliphatic rings. The highest BCUT2D eigenvalue weighted by molar-refractivity contribution is 5.84. The summed E-state index contributed by atoms with van der Waals surface area (Å²) in [7, 11) is 0. The maximum Gasteiger partial charge on any atom is 0.378 e. The zero-order valence-corrected chi connectivity index (χ0v) is 10.5. The molecule has 0 aliphatic carbocycles. The third-order valence-corrected chi connectivity index (χ3v) is 2.20. The van der Waals surface area contributed by atoms with Gasteiger partial charge in [-0.2, -0.15) is 0 Å². The molecular formula is C11H19N3O3. The van der Waals surface area contributed by atoms with Crippen LogP contribution in [0.25, 0.3) is 0 Å². The lowest BCUT2D eigenvalue weighted by atomic mass is 10.4. The fraction of sp³-hybridized carbons (Fsp3) is 0.727. The molecular weight excluding hydrogens is 222 g/mol. The summed E-state index contributed by atoms with van der Waals surface area (Å²) in [6.07, 6.45) is 3.34. The van der Waals surface area contributed by atoms with E-state index in [0.717, 1.165) is 12.8 Å².